The van der Waals surface area contributed by atoms with Crippen molar-refractivity contribution in [2.75, 3.05) is 38.8 Å². The first-order valence-electron chi connectivity index (χ1n) is 10.1. The standard InChI is InChI=1S/C22H30N4O3/c1-5-25(6-2)21-8-7-16(13-23-21)14-24-22(27)26-10-9-17-11-19(28-3)20(29-4)12-18(17)15-26/h7-8,11-13H,5-6,9-10,14-15H2,1-4H3,(H,24,27). The number of ether oxygens (including phenoxy) is 2. The Hall–Kier alpha value is -2.96. The number of amides is 2. The van der Waals surface area contributed by atoms with E-state index in [1.165, 1.54) is 5.56 Å². The number of hydrogen-bond donors (Lipinski definition) is 1. The summed E-state index contributed by atoms with van der Waals surface area (Å²) in [5, 5.41) is 3.00. The highest BCUT2D eigenvalue weighted by molar-refractivity contribution is 5.74. The van der Waals surface area contributed by atoms with Crippen LogP contribution in [0.3, 0.4) is 0 Å². The zero-order chi connectivity index (χ0) is 20.8. The molecule has 0 bridgehead atoms. The lowest BCUT2D eigenvalue weighted by molar-refractivity contribution is 0.191. The Morgan fingerprint density at radius 2 is 1.83 bits per heavy atom. The van der Waals surface area contributed by atoms with Crippen molar-refractivity contribution >= 4 is 11.8 Å². The Balaban J connectivity index is 1.59. The Labute approximate surface area is 172 Å². The van der Waals surface area contributed by atoms with Gasteiger partial charge in [-0.15, -0.1) is 0 Å². The van der Waals surface area contributed by atoms with Gasteiger partial charge in [-0.25, -0.2) is 9.78 Å². The fraction of sp³-hybridized carbons (Fsp3) is 0.455. The molecule has 2 aromatic rings. The summed E-state index contributed by atoms with van der Waals surface area (Å²) in [5.74, 6) is 2.37. The first-order chi connectivity index (χ1) is 14.1. The Bertz CT molecular complexity index is 835. The minimum atomic E-state index is -0.0711. The van der Waals surface area contributed by atoms with Gasteiger partial charge in [-0.3, -0.25) is 0 Å². The molecular weight excluding hydrogens is 368 g/mol. The summed E-state index contributed by atoms with van der Waals surface area (Å²) in [6, 6.07) is 7.92. The number of nitrogens with zero attached hydrogens (tertiary/aromatic N) is 3. The maximum Gasteiger partial charge on any atom is 0.317 e. The summed E-state index contributed by atoms with van der Waals surface area (Å²) in [4.78, 5) is 21.2. The minimum absolute atomic E-state index is 0.0711. The number of anilines is 1. The summed E-state index contributed by atoms with van der Waals surface area (Å²) in [6.07, 6.45) is 2.62. The molecule has 0 unspecified atom stereocenters. The van der Waals surface area contributed by atoms with Crippen molar-refractivity contribution in [2.24, 2.45) is 0 Å². The first-order valence-corrected chi connectivity index (χ1v) is 10.1. The molecule has 0 aliphatic carbocycles. The van der Waals surface area contributed by atoms with Crippen LogP contribution in [0.25, 0.3) is 0 Å². The van der Waals surface area contributed by atoms with Gasteiger partial charge in [-0.1, -0.05) is 6.07 Å². The van der Waals surface area contributed by atoms with Crippen LogP contribution in [0.15, 0.2) is 30.5 Å². The smallest absolute Gasteiger partial charge is 0.317 e. The number of fused-ring (bicyclic) bond motifs is 1. The predicted octanol–water partition coefficient (Wildman–Crippen LogP) is 3.21. The number of nitrogens with one attached hydrogen (secondary N) is 1. The number of pyridine rings is 1. The number of hydrogen-bond acceptors (Lipinski definition) is 5. The van der Waals surface area contributed by atoms with Crippen molar-refractivity contribution in [3.05, 3.63) is 47.2 Å². The molecule has 7 heteroatoms. The minimum Gasteiger partial charge on any atom is -0.493 e. The molecule has 2 amide bonds. The normalized spacial score (nSPS) is 12.9. The zero-order valence-corrected chi connectivity index (χ0v) is 17.7. The van der Waals surface area contributed by atoms with Crippen LogP contribution < -0.4 is 19.7 Å². The Morgan fingerprint density at radius 1 is 1.14 bits per heavy atom. The van der Waals surface area contributed by atoms with E-state index in [0.717, 1.165) is 42.2 Å². The quantitative estimate of drug-likeness (QED) is 0.776. The Morgan fingerprint density at radius 3 is 2.41 bits per heavy atom. The van der Waals surface area contributed by atoms with E-state index in [1.54, 1.807) is 14.2 Å². The molecule has 0 spiro atoms. The maximum atomic E-state index is 12.7. The molecule has 0 saturated carbocycles. The molecule has 7 nitrogen and oxygen atoms in total. The topological polar surface area (TPSA) is 66.9 Å². The number of urea groups is 1. The van der Waals surface area contributed by atoms with Gasteiger partial charge < -0.3 is 24.6 Å². The van der Waals surface area contributed by atoms with E-state index in [4.69, 9.17) is 9.47 Å². The predicted molar refractivity (Wildman–Crippen MR) is 114 cm³/mol. The zero-order valence-electron chi connectivity index (χ0n) is 17.7. The molecule has 29 heavy (non-hydrogen) atoms. The fourth-order valence-corrected chi connectivity index (χ4v) is 3.60. The molecule has 0 fully saturated rings. The van der Waals surface area contributed by atoms with Crippen molar-refractivity contribution in [1.82, 2.24) is 15.2 Å². The largest absolute Gasteiger partial charge is 0.493 e. The summed E-state index contributed by atoms with van der Waals surface area (Å²) >= 11 is 0. The van der Waals surface area contributed by atoms with Crippen molar-refractivity contribution in [3.8, 4) is 11.5 Å². The molecule has 2 heterocycles. The van der Waals surface area contributed by atoms with Gasteiger partial charge >= 0.3 is 6.03 Å². The fourth-order valence-electron chi connectivity index (χ4n) is 3.60. The third kappa shape index (κ3) is 4.72. The molecule has 0 atom stereocenters. The molecule has 3 rings (SSSR count). The van der Waals surface area contributed by atoms with Crippen LogP contribution in [0, 0.1) is 0 Å². The van der Waals surface area contributed by atoms with Crippen LogP contribution in [0.2, 0.25) is 0 Å². The van der Waals surface area contributed by atoms with Gasteiger partial charge in [0.25, 0.3) is 0 Å². The number of benzene rings is 1. The molecule has 1 aromatic carbocycles. The molecule has 1 aliphatic heterocycles. The molecular formula is C22H30N4O3. The van der Waals surface area contributed by atoms with E-state index in [1.807, 2.05) is 35.4 Å². The maximum absolute atomic E-state index is 12.7. The van der Waals surface area contributed by atoms with Gasteiger partial charge in [0.15, 0.2) is 11.5 Å². The lowest BCUT2D eigenvalue weighted by Crippen LogP contribution is -2.42. The van der Waals surface area contributed by atoms with E-state index in [2.05, 4.69) is 29.0 Å². The van der Waals surface area contributed by atoms with Crippen LogP contribution >= 0.6 is 0 Å². The van der Waals surface area contributed by atoms with Gasteiger partial charge in [-0.2, -0.15) is 0 Å². The highest BCUT2D eigenvalue weighted by Crippen LogP contribution is 2.33. The molecule has 1 aromatic heterocycles. The summed E-state index contributed by atoms with van der Waals surface area (Å²) in [7, 11) is 3.26. The highest BCUT2D eigenvalue weighted by atomic mass is 16.5. The molecule has 1 aliphatic rings. The number of aromatic nitrogens is 1. The monoisotopic (exact) mass is 398 g/mol. The van der Waals surface area contributed by atoms with E-state index >= 15 is 0 Å². The lowest BCUT2D eigenvalue weighted by Gasteiger charge is -2.29. The third-order valence-electron chi connectivity index (χ3n) is 5.35. The van der Waals surface area contributed by atoms with Crippen LogP contribution in [0.5, 0.6) is 11.5 Å². The number of carbonyl (C=O) groups is 1. The third-order valence-corrected chi connectivity index (χ3v) is 5.35. The molecule has 156 valence electrons. The van der Waals surface area contributed by atoms with Crippen molar-refractivity contribution in [2.45, 2.75) is 33.4 Å². The first kappa shape index (κ1) is 20.8. The van der Waals surface area contributed by atoms with Crippen molar-refractivity contribution < 1.29 is 14.3 Å². The molecule has 0 radical (unpaired) electrons. The van der Waals surface area contributed by atoms with Crippen molar-refractivity contribution in [1.29, 1.82) is 0 Å². The molecule has 1 N–H and O–H groups in total. The van der Waals surface area contributed by atoms with Crippen LogP contribution in [0.4, 0.5) is 10.6 Å². The second-order valence-corrected chi connectivity index (χ2v) is 7.00. The molecule has 0 saturated heterocycles. The van der Waals surface area contributed by atoms with E-state index in [9.17, 15) is 4.79 Å². The van der Waals surface area contributed by atoms with Crippen LogP contribution in [-0.2, 0) is 19.5 Å². The van der Waals surface area contributed by atoms with Gasteiger partial charge in [-0.05, 0) is 55.2 Å². The van der Waals surface area contributed by atoms with Gasteiger partial charge in [0.1, 0.15) is 5.82 Å². The summed E-state index contributed by atoms with van der Waals surface area (Å²) < 4.78 is 10.8. The SMILES string of the molecule is CCN(CC)c1ccc(CNC(=O)N2CCc3cc(OC)c(OC)cc3C2)cn1. The summed E-state index contributed by atoms with van der Waals surface area (Å²) in [5.41, 5.74) is 3.27. The number of rotatable bonds is 7. The van der Waals surface area contributed by atoms with E-state index < -0.39 is 0 Å². The Kier molecular flexibility index (Phi) is 6.80. The van der Waals surface area contributed by atoms with Crippen LogP contribution in [-0.4, -0.2) is 49.8 Å². The lowest BCUT2D eigenvalue weighted by atomic mass is 9.99. The summed E-state index contributed by atoms with van der Waals surface area (Å²) in [6.45, 7) is 7.76. The average Bonchev–Trinajstić information content (AvgIpc) is 2.77. The van der Waals surface area contributed by atoms with Gasteiger partial charge in [0.05, 0.1) is 14.2 Å². The second kappa shape index (κ2) is 9.49. The van der Waals surface area contributed by atoms with Gasteiger partial charge in [0, 0.05) is 38.9 Å². The van der Waals surface area contributed by atoms with Crippen molar-refractivity contribution in [3.63, 3.8) is 0 Å². The number of methoxy groups -OCH3 is 2. The average molecular weight is 399 g/mol. The van der Waals surface area contributed by atoms with Crippen LogP contribution in [0.1, 0.15) is 30.5 Å². The van der Waals surface area contributed by atoms with E-state index in [-0.39, 0.29) is 6.03 Å². The highest BCUT2D eigenvalue weighted by Gasteiger charge is 2.22. The van der Waals surface area contributed by atoms with E-state index in [0.29, 0.717) is 25.4 Å². The second-order valence-electron chi connectivity index (χ2n) is 7.00. The number of carbonyl (C=O) groups excluding carboxylic acids is 1. The van der Waals surface area contributed by atoms with Gasteiger partial charge in [0.2, 0.25) is 0 Å².